The first-order chi connectivity index (χ1) is 17.0. The van der Waals surface area contributed by atoms with E-state index in [1.54, 1.807) is 5.38 Å². The zero-order valence-corrected chi connectivity index (χ0v) is 21.3. The molecule has 0 aliphatic carbocycles. The molecule has 3 heterocycles. The number of aliphatic imine (C=N–C) groups is 1. The molecule has 1 fully saturated rings. The number of nitrogens with one attached hydrogen (secondary N) is 1. The smallest absolute Gasteiger partial charge is 0.338 e. The molecule has 4 rings (SSSR count). The molecular formula is C22H20ClF3N4O4S2. The summed E-state index contributed by atoms with van der Waals surface area (Å²) in [6.45, 7) is -1.15. The largest absolute Gasteiger partial charge is 0.480 e. The summed E-state index contributed by atoms with van der Waals surface area (Å²) in [5.74, 6) is -5.82. The zero-order chi connectivity index (χ0) is 26.2. The number of carbonyl (C=O) groups is 2. The van der Waals surface area contributed by atoms with Gasteiger partial charge in [0, 0.05) is 34.6 Å². The Kier molecular flexibility index (Phi) is 7.64. The van der Waals surface area contributed by atoms with Gasteiger partial charge in [0.15, 0.2) is 10.8 Å². The quantitative estimate of drug-likeness (QED) is 0.387. The second kappa shape index (κ2) is 10.4. The number of carboxylic acids is 1. The molecule has 1 aromatic heterocycles. The van der Waals surface area contributed by atoms with Crippen LogP contribution in [-0.4, -0.2) is 71.2 Å². The van der Waals surface area contributed by atoms with Gasteiger partial charge < -0.3 is 15.2 Å². The molecule has 2 aliphatic rings. The van der Waals surface area contributed by atoms with Crippen LogP contribution in [0.5, 0.6) is 0 Å². The zero-order valence-electron chi connectivity index (χ0n) is 18.9. The minimum absolute atomic E-state index is 0.00851. The highest BCUT2D eigenvalue weighted by Crippen LogP contribution is 2.38. The van der Waals surface area contributed by atoms with Crippen molar-refractivity contribution in [1.82, 2.24) is 15.2 Å². The monoisotopic (exact) mass is 560 g/mol. The standard InChI is InChI=1S/C22H20ClF3N4O4S2/c1-34-21(33)16-13(7-30-9-22(25,26)6-14(30)20(31)32)27-18(19-28-15(35-2)8-36-19)29-17(16)11-4-3-10(24)5-12(11)23/h3-5,8,14,17H,6-7,9H2,1-2H3,(H,27,29)(H,31,32)/t14-,17-/m0/s1. The van der Waals surface area contributed by atoms with Gasteiger partial charge in [-0.05, 0) is 18.4 Å². The number of thiazole rings is 1. The lowest BCUT2D eigenvalue weighted by molar-refractivity contribution is -0.142. The lowest BCUT2D eigenvalue weighted by Crippen LogP contribution is -2.43. The molecule has 2 N–H and O–H groups in total. The van der Waals surface area contributed by atoms with Crippen LogP contribution in [0.1, 0.15) is 23.0 Å². The first-order valence-corrected chi connectivity index (χ1v) is 13.0. The van der Waals surface area contributed by atoms with Gasteiger partial charge in [-0.2, -0.15) is 0 Å². The Morgan fingerprint density at radius 1 is 1.42 bits per heavy atom. The maximum atomic E-state index is 14.2. The molecular weight excluding hydrogens is 541 g/mol. The Morgan fingerprint density at radius 3 is 2.78 bits per heavy atom. The van der Waals surface area contributed by atoms with Gasteiger partial charge in [0.25, 0.3) is 5.92 Å². The van der Waals surface area contributed by atoms with E-state index < -0.39 is 48.7 Å². The summed E-state index contributed by atoms with van der Waals surface area (Å²) in [5.41, 5.74) is 0.330. The number of thioether (sulfide) groups is 1. The molecule has 8 nitrogen and oxygen atoms in total. The van der Waals surface area contributed by atoms with Gasteiger partial charge in [0.1, 0.15) is 22.9 Å². The Morgan fingerprint density at radius 2 is 2.17 bits per heavy atom. The summed E-state index contributed by atoms with van der Waals surface area (Å²) in [6, 6.07) is 1.04. The number of methoxy groups -OCH3 is 1. The highest BCUT2D eigenvalue weighted by atomic mass is 35.5. The fraction of sp³-hybridized carbons (Fsp3) is 0.364. The number of benzene rings is 1. The van der Waals surface area contributed by atoms with Crippen LogP contribution >= 0.6 is 34.7 Å². The summed E-state index contributed by atoms with van der Waals surface area (Å²) < 4.78 is 47.1. The predicted octanol–water partition coefficient (Wildman–Crippen LogP) is 3.97. The minimum atomic E-state index is -3.22. The number of nitrogens with zero attached hydrogens (tertiary/aromatic N) is 3. The average molecular weight is 561 g/mol. The number of carboxylic acid groups (broad SMARTS) is 1. The number of aliphatic carboxylic acids is 1. The summed E-state index contributed by atoms with van der Waals surface area (Å²) in [6.07, 6.45) is 0.983. The van der Waals surface area contributed by atoms with Crippen LogP contribution in [0.3, 0.4) is 0 Å². The number of hydrogen-bond donors (Lipinski definition) is 2. The molecule has 0 saturated carbocycles. The normalized spacial score (nSPS) is 21.8. The fourth-order valence-corrected chi connectivity index (χ4v) is 5.76. The molecule has 0 amide bonds. The van der Waals surface area contributed by atoms with Crippen molar-refractivity contribution < 1.29 is 32.6 Å². The maximum Gasteiger partial charge on any atom is 0.338 e. The van der Waals surface area contributed by atoms with Crippen molar-refractivity contribution >= 4 is 52.5 Å². The molecule has 2 aliphatic heterocycles. The molecule has 36 heavy (non-hydrogen) atoms. The van der Waals surface area contributed by atoms with Crippen LogP contribution in [0.4, 0.5) is 13.2 Å². The summed E-state index contributed by atoms with van der Waals surface area (Å²) >= 11 is 8.98. The molecule has 1 aromatic carbocycles. The van der Waals surface area contributed by atoms with Gasteiger partial charge in [-0.1, -0.05) is 17.7 Å². The van der Waals surface area contributed by atoms with Crippen LogP contribution in [0.25, 0.3) is 0 Å². The lowest BCUT2D eigenvalue weighted by Gasteiger charge is -2.30. The van der Waals surface area contributed by atoms with E-state index in [-0.39, 0.29) is 34.2 Å². The van der Waals surface area contributed by atoms with Crippen molar-refractivity contribution in [2.45, 2.75) is 29.5 Å². The van der Waals surface area contributed by atoms with Crippen molar-refractivity contribution in [3.63, 3.8) is 0 Å². The number of rotatable bonds is 7. The lowest BCUT2D eigenvalue weighted by atomic mass is 9.95. The number of esters is 1. The van der Waals surface area contributed by atoms with E-state index in [4.69, 9.17) is 16.3 Å². The van der Waals surface area contributed by atoms with Crippen LogP contribution in [0.2, 0.25) is 5.02 Å². The number of hydrogen-bond acceptors (Lipinski definition) is 9. The van der Waals surface area contributed by atoms with Crippen LogP contribution in [0.15, 0.2) is 44.9 Å². The molecule has 2 atom stereocenters. The number of amidine groups is 1. The maximum absolute atomic E-state index is 14.2. The number of ether oxygens (including phenoxy) is 1. The van der Waals surface area contributed by atoms with Crippen LogP contribution in [-0.2, 0) is 14.3 Å². The van der Waals surface area contributed by atoms with Crippen molar-refractivity contribution in [3.8, 4) is 0 Å². The van der Waals surface area contributed by atoms with Crippen molar-refractivity contribution in [1.29, 1.82) is 0 Å². The van der Waals surface area contributed by atoms with Crippen LogP contribution in [0, 0.1) is 5.82 Å². The first-order valence-electron chi connectivity index (χ1n) is 10.5. The van der Waals surface area contributed by atoms with Gasteiger partial charge in [-0.15, -0.1) is 23.1 Å². The van der Waals surface area contributed by atoms with E-state index in [1.807, 2.05) is 6.26 Å². The Hall–Kier alpha value is -2.61. The molecule has 14 heteroatoms. The van der Waals surface area contributed by atoms with Crippen molar-refractivity contribution in [2.75, 3.05) is 26.5 Å². The van der Waals surface area contributed by atoms with Gasteiger partial charge in [0.05, 0.1) is 19.2 Å². The molecule has 0 radical (unpaired) electrons. The van der Waals surface area contributed by atoms with E-state index in [9.17, 15) is 27.9 Å². The summed E-state index contributed by atoms with van der Waals surface area (Å²) in [7, 11) is 1.14. The molecule has 192 valence electrons. The van der Waals surface area contributed by atoms with E-state index in [0.29, 0.717) is 10.0 Å². The van der Waals surface area contributed by atoms with Gasteiger partial charge >= 0.3 is 11.9 Å². The molecule has 0 spiro atoms. The Bertz CT molecular complexity index is 1270. The topological polar surface area (TPSA) is 104 Å². The number of alkyl halides is 2. The Labute approximate surface area is 217 Å². The van der Waals surface area contributed by atoms with Crippen molar-refractivity contribution in [2.24, 2.45) is 4.99 Å². The Balaban J connectivity index is 1.85. The third kappa shape index (κ3) is 5.38. The van der Waals surface area contributed by atoms with E-state index in [0.717, 1.165) is 24.1 Å². The van der Waals surface area contributed by atoms with Crippen LogP contribution < -0.4 is 5.32 Å². The number of halogens is 4. The second-order valence-corrected chi connectivity index (χ2v) is 10.2. The molecule has 1 saturated heterocycles. The van der Waals surface area contributed by atoms with E-state index in [2.05, 4.69) is 15.3 Å². The third-order valence-corrected chi connectivity index (χ3v) is 7.65. The number of likely N-dealkylation sites (tertiary alicyclic amines) is 1. The fourth-order valence-electron chi connectivity index (χ4n) is 4.09. The average Bonchev–Trinajstić information content (AvgIpc) is 3.42. The predicted molar refractivity (Wildman–Crippen MR) is 129 cm³/mol. The first kappa shape index (κ1) is 26.5. The highest BCUT2D eigenvalue weighted by molar-refractivity contribution is 7.98. The number of aromatic nitrogens is 1. The van der Waals surface area contributed by atoms with E-state index in [1.165, 1.54) is 29.2 Å². The SMILES string of the molecule is COC(=O)C1=C(CN2CC(F)(F)C[C@H]2C(=O)O)NC(c2nc(SC)cs2)=N[C@H]1c1ccc(F)cc1Cl. The molecule has 2 aromatic rings. The minimum Gasteiger partial charge on any atom is -0.480 e. The van der Waals surface area contributed by atoms with Gasteiger partial charge in [0.2, 0.25) is 0 Å². The summed E-state index contributed by atoms with van der Waals surface area (Å²) in [5, 5.41) is 15.5. The third-order valence-electron chi connectivity index (χ3n) is 5.70. The number of carbonyl (C=O) groups excluding carboxylic acids is 1. The van der Waals surface area contributed by atoms with Gasteiger partial charge in [-0.25, -0.2) is 22.9 Å². The van der Waals surface area contributed by atoms with Crippen molar-refractivity contribution in [3.05, 3.63) is 56.3 Å². The second-order valence-electron chi connectivity index (χ2n) is 8.07. The van der Waals surface area contributed by atoms with Gasteiger partial charge in [-0.3, -0.25) is 14.7 Å². The summed E-state index contributed by atoms with van der Waals surface area (Å²) in [4.78, 5) is 34.8. The molecule has 0 bridgehead atoms. The van der Waals surface area contributed by atoms with E-state index >= 15 is 0 Å². The highest BCUT2D eigenvalue weighted by Gasteiger charge is 2.49. The molecule has 0 unspecified atom stereocenters.